The summed E-state index contributed by atoms with van der Waals surface area (Å²) in [6.45, 7) is 0.579. The molecule has 0 saturated carbocycles. The van der Waals surface area contributed by atoms with Crippen LogP contribution in [0.5, 0.6) is 5.75 Å². The van der Waals surface area contributed by atoms with Gasteiger partial charge in [0.1, 0.15) is 5.75 Å². The number of ether oxygens (including phenoxy) is 1. The normalized spacial score (nSPS) is 21.0. The van der Waals surface area contributed by atoms with E-state index in [0.717, 1.165) is 56.3 Å². The molecule has 0 N–H and O–H groups in total. The first-order valence-corrected chi connectivity index (χ1v) is 11.8. The molecule has 4 nitrogen and oxygen atoms in total. The zero-order chi connectivity index (χ0) is 19.6. The standard InChI is InChI=1S/C23H29NO3S/c1-27-21-13-10-19(11-14-21)23-9-3-2-6-16-24(23)28(25,26)22-15-12-18-7-4-5-8-20(18)17-22/h10-15,17,23H,2-9,16H2,1H3/t23-/m1/s1. The molecule has 5 heteroatoms. The molecule has 2 aromatic carbocycles. The van der Waals surface area contributed by atoms with Crippen LogP contribution in [-0.2, 0) is 22.9 Å². The highest BCUT2D eigenvalue weighted by atomic mass is 32.2. The Bertz CT molecular complexity index is 921. The number of rotatable bonds is 4. The fraction of sp³-hybridized carbons (Fsp3) is 0.478. The molecule has 2 aromatic rings. The second-order valence-electron chi connectivity index (χ2n) is 7.89. The molecule has 1 heterocycles. The van der Waals surface area contributed by atoms with Crippen molar-refractivity contribution in [1.29, 1.82) is 0 Å². The Hall–Kier alpha value is -1.85. The largest absolute Gasteiger partial charge is 0.497 e. The molecule has 2 aliphatic rings. The summed E-state index contributed by atoms with van der Waals surface area (Å²) >= 11 is 0. The van der Waals surface area contributed by atoms with E-state index in [2.05, 4.69) is 0 Å². The van der Waals surface area contributed by atoms with Gasteiger partial charge < -0.3 is 4.74 Å². The summed E-state index contributed by atoms with van der Waals surface area (Å²) in [6.07, 6.45) is 8.29. The molecular formula is C23H29NO3S. The Morgan fingerprint density at radius 2 is 1.64 bits per heavy atom. The van der Waals surface area contributed by atoms with Crippen LogP contribution in [0.1, 0.15) is 61.3 Å². The van der Waals surface area contributed by atoms with Gasteiger partial charge in [-0.2, -0.15) is 4.31 Å². The van der Waals surface area contributed by atoms with Crippen LogP contribution in [-0.4, -0.2) is 26.4 Å². The summed E-state index contributed by atoms with van der Waals surface area (Å²) < 4.78 is 34.3. The molecule has 1 fully saturated rings. The van der Waals surface area contributed by atoms with Crippen molar-refractivity contribution < 1.29 is 13.2 Å². The van der Waals surface area contributed by atoms with Gasteiger partial charge >= 0.3 is 0 Å². The third-order valence-electron chi connectivity index (χ3n) is 6.13. The first kappa shape index (κ1) is 19.5. The van der Waals surface area contributed by atoms with Gasteiger partial charge in [-0.15, -0.1) is 0 Å². The first-order chi connectivity index (χ1) is 13.6. The van der Waals surface area contributed by atoms with Crippen LogP contribution in [0.3, 0.4) is 0 Å². The van der Waals surface area contributed by atoms with Crippen molar-refractivity contribution >= 4 is 10.0 Å². The topological polar surface area (TPSA) is 46.6 Å². The number of sulfonamides is 1. The highest BCUT2D eigenvalue weighted by molar-refractivity contribution is 7.89. The molecule has 150 valence electrons. The molecule has 1 aliphatic heterocycles. The molecule has 4 rings (SSSR count). The van der Waals surface area contributed by atoms with Crippen molar-refractivity contribution in [3.05, 3.63) is 59.2 Å². The average Bonchev–Trinajstić information content (AvgIpc) is 3.00. The summed E-state index contributed by atoms with van der Waals surface area (Å²) in [4.78, 5) is 0.452. The first-order valence-electron chi connectivity index (χ1n) is 10.4. The number of benzene rings is 2. The maximum atomic E-state index is 13.6. The molecule has 0 spiro atoms. The van der Waals surface area contributed by atoms with E-state index in [9.17, 15) is 8.42 Å². The van der Waals surface area contributed by atoms with Crippen LogP contribution in [0.4, 0.5) is 0 Å². The van der Waals surface area contributed by atoms with Gasteiger partial charge in [-0.3, -0.25) is 0 Å². The van der Waals surface area contributed by atoms with Crippen LogP contribution in [0.2, 0.25) is 0 Å². The Morgan fingerprint density at radius 1 is 0.893 bits per heavy atom. The SMILES string of the molecule is COc1ccc([C@H]2CCCCCN2S(=O)(=O)c2ccc3c(c2)CCCC3)cc1. The third kappa shape index (κ3) is 3.83. The van der Waals surface area contributed by atoms with Crippen molar-refractivity contribution in [3.63, 3.8) is 0 Å². The Morgan fingerprint density at radius 3 is 2.39 bits per heavy atom. The zero-order valence-electron chi connectivity index (χ0n) is 16.6. The van der Waals surface area contributed by atoms with E-state index in [0.29, 0.717) is 11.4 Å². The smallest absolute Gasteiger partial charge is 0.243 e. The molecule has 0 aromatic heterocycles. The number of nitrogens with zero attached hydrogens (tertiary/aromatic N) is 1. The molecule has 28 heavy (non-hydrogen) atoms. The number of methoxy groups -OCH3 is 1. The molecular weight excluding hydrogens is 370 g/mol. The number of aryl methyl sites for hydroxylation is 2. The average molecular weight is 400 g/mol. The second-order valence-corrected chi connectivity index (χ2v) is 9.78. The van der Waals surface area contributed by atoms with E-state index < -0.39 is 10.0 Å². The maximum absolute atomic E-state index is 13.6. The fourth-order valence-corrected chi connectivity index (χ4v) is 6.27. The lowest BCUT2D eigenvalue weighted by molar-refractivity contribution is 0.328. The lowest BCUT2D eigenvalue weighted by atomic mass is 9.92. The van der Waals surface area contributed by atoms with E-state index in [1.54, 1.807) is 11.4 Å². The van der Waals surface area contributed by atoms with Gasteiger partial charge in [0, 0.05) is 6.54 Å². The van der Waals surface area contributed by atoms with E-state index >= 15 is 0 Å². The molecule has 0 unspecified atom stereocenters. The number of fused-ring (bicyclic) bond motifs is 1. The second kappa shape index (κ2) is 8.26. The minimum absolute atomic E-state index is 0.116. The van der Waals surface area contributed by atoms with Crippen LogP contribution in [0.25, 0.3) is 0 Å². The zero-order valence-corrected chi connectivity index (χ0v) is 17.4. The summed E-state index contributed by atoms with van der Waals surface area (Å²) in [5, 5.41) is 0. The van der Waals surface area contributed by atoms with Gasteiger partial charge in [0.05, 0.1) is 18.0 Å². The minimum atomic E-state index is -3.53. The maximum Gasteiger partial charge on any atom is 0.243 e. The molecule has 0 amide bonds. The van der Waals surface area contributed by atoms with Crippen molar-refractivity contribution in [2.45, 2.75) is 62.3 Å². The Labute approximate surface area is 168 Å². The highest BCUT2D eigenvalue weighted by Crippen LogP contribution is 2.36. The van der Waals surface area contributed by atoms with Gasteiger partial charge in [0.2, 0.25) is 10.0 Å². The third-order valence-corrected chi connectivity index (χ3v) is 8.03. The molecule has 1 aliphatic carbocycles. The van der Waals surface area contributed by atoms with Gasteiger partial charge in [0.15, 0.2) is 0 Å². The predicted octanol–water partition coefficient (Wildman–Crippen LogP) is 4.88. The lowest BCUT2D eigenvalue weighted by Gasteiger charge is -2.30. The quantitative estimate of drug-likeness (QED) is 0.736. The molecule has 0 bridgehead atoms. The van der Waals surface area contributed by atoms with Crippen molar-refractivity contribution in [3.8, 4) is 5.75 Å². The summed E-state index contributed by atoms with van der Waals surface area (Å²) in [5.41, 5.74) is 3.57. The van der Waals surface area contributed by atoms with Crippen molar-refractivity contribution in [2.75, 3.05) is 13.7 Å². The molecule has 1 atom stereocenters. The van der Waals surface area contributed by atoms with Gasteiger partial charge in [-0.05, 0) is 79.5 Å². The van der Waals surface area contributed by atoms with Crippen LogP contribution in [0, 0.1) is 0 Å². The summed E-state index contributed by atoms with van der Waals surface area (Å²) in [7, 11) is -1.88. The van der Waals surface area contributed by atoms with Crippen molar-refractivity contribution in [2.24, 2.45) is 0 Å². The fourth-order valence-electron chi connectivity index (χ4n) is 4.53. The molecule has 1 saturated heterocycles. The Kier molecular flexibility index (Phi) is 5.74. The minimum Gasteiger partial charge on any atom is -0.497 e. The van der Waals surface area contributed by atoms with E-state index in [-0.39, 0.29) is 6.04 Å². The summed E-state index contributed by atoms with van der Waals surface area (Å²) in [6, 6.07) is 13.5. The summed E-state index contributed by atoms with van der Waals surface area (Å²) in [5.74, 6) is 0.793. The van der Waals surface area contributed by atoms with Crippen LogP contribution >= 0.6 is 0 Å². The van der Waals surface area contributed by atoms with E-state index in [4.69, 9.17) is 4.74 Å². The monoisotopic (exact) mass is 399 g/mol. The van der Waals surface area contributed by atoms with Gasteiger partial charge in [-0.25, -0.2) is 8.42 Å². The van der Waals surface area contributed by atoms with Crippen molar-refractivity contribution in [1.82, 2.24) is 4.31 Å². The van der Waals surface area contributed by atoms with E-state index in [1.165, 1.54) is 17.5 Å². The Balaban J connectivity index is 1.70. The van der Waals surface area contributed by atoms with E-state index in [1.807, 2.05) is 42.5 Å². The predicted molar refractivity (Wildman–Crippen MR) is 111 cm³/mol. The van der Waals surface area contributed by atoms with Crippen LogP contribution in [0.15, 0.2) is 47.4 Å². The van der Waals surface area contributed by atoms with Gasteiger partial charge in [-0.1, -0.05) is 31.0 Å². The van der Waals surface area contributed by atoms with Gasteiger partial charge in [0.25, 0.3) is 0 Å². The molecule has 0 radical (unpaired) electrons. The highest BCUT2D eigenvalue weighted by Gasteiger charge is 2.33. The number of hydrogen-bond acceptors (Lipinski definition) is 3. The van der Waals surface area contributed by atoms with Crippen LogP contribution < -0.4 is 4.74 Å². The lowest BCUT2D eigenvalue weighted by Crippen LogP contribution is -2.35. The number of hydrogen-bond donors (Lipinski definition) is 0.